The lowest BCUT2D eigenvalue weighted by molar-refractivity contribution is -0.118. The molecule has 0 bridgehead atoms. The lowest BCUT2D eigenvalue weighted by Gasteiger charge is -2.10. The van der Waals surface area contributed by atoms with Crippen LogP contribution in [0.3, 0.4) is 0 Å². The number of ether oxygens (including phenoxy) is 1. The smallest absolute Gasteiger partial charge is 0.335 e. The molecule has 1 amide bonds. The summed E-state index contributed by atoms with van der Waals surface area (Å²) in [6.07, 6.45) is 0. The van der Waals surface area contributed by atoms with Crippen LogP contribution >= 0.6 is 23.2 Å². The summed E-state index contributed by atoms with van der Waals surface area (Å²) in [5.41, 5.74) is 1.08. The van der Waals surface area contributed by atoms with Gasteiger partial charge in [0.2, 0.25) is 0 Å². The number of aryl methyl sites for hydroxylation is 1. The van der Waals surface area contributed by atoms with E-state index in [1.54, 1.807) is 18.2 Å². The van der Waals surface area contributed by atoms with Crippen molar-refractivity contribution in [3.63, 3.8) is 0 Å². The number of hydrogen-bond donors (Lipinski definition) is 2. The van der Waals surface area contributed by atoms with E-state index >= 15 is 0 Å². The molecule has 7 heteroatoms. The Kier molecular flexibility index (Phi) is 5.47. The van der Waals surface area contributed by atoms with Gasteiger partial charge in [0.25, 0.3) is 5.91 Å². The van der Waals surface area contributed by atoms with Crippen molar-refractivity contribution in [2.24, 2.45) is 0 Å². The molecule has 0 aromatic heterocycles. The Hall–Kier alpha value is -2.24. The number of carbonyl (C=O) groups is 2. The summed E-state index contributed by atoms with van der Waals surface area (Å²) < 4.78 is 5.36. The maximum Gasteiger partial charge on any atom is 0.335 e. The van der Waals surface area contributed by atoms with Crippen LogP contribution in [0.1, 0.15) is 15.9 Å². The number of carboxylic acids is 1. The van der Waals surface area contributed by atoms with E-state index in [9.17, 15) is 9.59 Å². The zero-order chi connectivity index (χ0) is 17.0. The maximum absolute atomic E-state index is 11.9. The van der Waals surface area contributed by atoms with E-state index in [2.05, 4.69) is 5.32 Å². The largest absolute Gasteiger partial charge is 0.484 e. The molecular formula is C16H13Cl2NO4. The van der Waals surface area contributed by atoms with Crippen molar-refractivity contribution in [2.45, 2.75) is 6.92 Å². The molecule has 0 radical (unpaired) electrons. The van der Waals surface area contributed by atoms with E-state index in [-0.39, 0.29) is 22.9 Å². The molecule has 0 aliphatic heterocycles. The molecule has 0 heterocycles. The van der Waals surface area contributed by atoms with Crippen molar-refractivity contribution < 1.29 is 19.4 Å². The molecule has 120 valence electrons. The molecule has 0 saturated carbocycles. The number of rotatable bonds is 5. The summed E-state index contributed by atoms with van der Waals surface area (Å²) in [4.78, 5) is 22.8. The fraction of sp³-hybridized carbons (Fsp3) is 0.125. The zero-order valence-electron chi connectivity index (χ0n) is 12.1. The second-order valence-electron chi connectivity index (χ2n) is 4.75. The molecule has 0 aliphatic rings. The molecular weight excluding hydrogens is 341 g/mol. The van der Waals surface area contributed by atoms with Crippen molar-refractivity contribution in [1.82, 2.24) is 0 Å². The van der Waals surface area contributed by atoms with Gasteiger partial charge in [-0.05, 0) is 48.9 Å². The minimum atomic E-state index is -1.11. The Balaban J connectivity index is 2.00. The number of amides is 1. The van der Waals surface area contributed by atoms with E-state index in [0.29, 0.717) is 10.8 Å². The molecule has 23 heavy (non-hydrogen) atoms. The van der Waals surface area contributed by atoms with E-state index in [0.717, 1.165) is 5.56 Å². The van der Waals surface area contributed by atoms with Crippen LogP contribution in [-0.2, 0) is 4.79 Å². The molecule has 5 nitrogen and oxygen atoms in total. The molecule has 0 fully saturated rings. The molecule has 0 unspecified atom stereocenters. The predicted octanol–water partition coefficient (Wildman–Crippen LogP) is 4.02. The topological polar surface area (TPSA) is 75.6 Å². The number of carboxylic acid groups (broad SMARTS) is 1. The summed E-state index contributed by atoms with van der Waals surface area (Å²) >= 11 is 11.8. The second-order valence-corrected chi connectivity index (χ2v) is 5.56. The van der Waals surface area contributed by atoms with Crippen molar-refractivity contribution >= 4 is 40.8 Å². The highest BCUT2D eigenvalue weighted by atomic mass is 35.5. The molecule has 2 aromatic carbocycles. The van der Waals surface area contributed by atoms with Gasteiger partial charge in [0.1, 0.15) is 5.75 Å². The Bertz CT molecular complexity index is 762. The Labute approximate surface area is 142 Å². The fourth-order valence-corrected chi connectivity index (χ4v) is 2.08. The first-order chi connectivity index (χ1) is 10.9. The van der Waals surface area contributed by atoms with Gasteiger partial charge in [0.05, 0.1) is 16.3 Å². The van der Waals surface area contributed by atoms with Gasteiger partial charge in [0, 0.05) is 5.02 Å². The first-order valence-corrected chi connectivity index (χ1v) is 7.34. The number of aromatic carboxylic acids is 1. The van der Waals surface area contributed by atoms with Crippen LogP contribution < -0.4 is 10.1 Å². The van der Waals surface area contributed by atoms with Crippen molar-refractivity contribution in [3.05, 3.63) is 57.6 Å². The molecule has 0 spiro atoms. The normalized spacial score (nSPS) is 10.2. The van der Waals surface area contributed by atoms with Gasteiger partial charge in [-0.3, -0.25) is 4.79 Å². The minimum absolute atomic E-state index is 0.0268. The van der Waals surface area contributed by atoms with Crippen molar-refractivity contribution in [2.75, 3.05) is 11.9 Å². The van der Waals surface area contributed by atoms with Crippen LogP contribution in [0.25, 0.3) is 0 Å². The van der Waals surface area contributed by atoms with Gasteiger partial charge in [-0.15, -0.1) is 0 Å². The fourth-order valence-electron chi connectivity index (χ4n) is 1.80. The summed E-state index contributed by atoms with van der Waals surface area (Å²) in [7, 11) is 0. The van der Waals surface area contributed by atoms with Gasteiger partial charge in [-0.2, -0.15) is 0 Å². The molecule has 2 N–H and O–H groups in total. The molecule has 0 aliphatic carbocycles. The number of halogens is 2. The standard InChI is InChI=1S/C16H13Cl2NO4/c1-9-6-11(3-5-12(9)17)23-8-15(20)19-14-7-10(16(21)22)2-4-13(14)18/h2-7H,8H2,1H3,(H,19,20)(H,21,22). The predicted molar refractivity (Wildman–Crippen MR) is 88.7 cm³/mol. The highest BCUT2D eigenvalue weighted by Crippen LogP contribution is 2.24. The lowest BCUT2D eigenvalue weighted by atomic mass is 10.2. The monoisotopic (exact) mass is 353 g/mol. The van der Waals surface area contributed by atoms with Gasteiger partial charge in [-0.1, -0.05) is 23.2 Å². The van der Waals surface area contributed by atoms with Crippen LogP contribution in [-0.4, -0.2) is 23.6 Å². The highest BCUT2D eigenvalue weighted by Gasteiger charge is 2.11. The second kappa shape index (κ2) is 7.35. The molecule has 0 atom stereocenters. The Morgan fingerprint density at radius 3 is 2.48 bits per heavy atom. The number of benzene rings is 2. The van der Waals surface area contributed by atoms with Crippen LogP contribution in [0, 0.1) is 6.92 Å². The summed E-state index contributed by atoms with van der Waals surface area (Å²) in [5.74, 6) is -1.06. The summed E-state index contributed by atoms with van der Waals surface area (Å²) in [6.45, 7) is 1.58. The third-order valence-corrected chi connectivity index (χ3v) is 3.74. The van der Waals surface area contributed by atoms with Crippen LogP contribution in [0.5, 0.6) is 5.75 Å². The Morgan fingerprint density at radius 2 is 1.83 bits per heavy atom. The highest BCUT2D eigenvalue weighted by molar-refractivity contribution is 6.34. The molecule has 2 rings (SSSR count). The van der Waals surface area contributed by atoms with E-state index in [4.69, 9.17) is 33.0 Å². The van der Waals surface area contributed by atoms with Crippen molar-refractivity contribution in [1.29, 1.82) is 0 Å². The first kappa shape index (κ1) is 17.1. The summed E-state index contributed by atoms with van der Waals surface area (Å²) in [6, 6.07) is 9.10. The van der Waals surface area contributed by atoms with Crippen LogP contribution in [0.15, 0.2) is 36.4 Å². The average Bonchev–Trinajstić information content (AvgIpc) is 2.50. The number of hydrogen-bond acceptors (Lipinski definition) is 3. The molecule has 2 aromatic rings. The van der Waals surface area contributed by atoms with E-state index in [1.165, 1.54) is 18.2 Å². The van der Waals surface area contributed by atoms with E-state index in [1.807, 2.05) is 6.92 Å². The third kappa shape index (κ3) is 4.61. The average molecular weight is 354 g/mol. The van der Waals surface area contributed by atoms with Crippen LogP contribution in [0.4, 0.5) is 5.69 Å². The number of carbonyl (C=O) groups excluding carboxylic acids is 1. The van der Waals surface area contributed by atoms with Crippen molar-refractivity contribution in [3.8, 4) is 5.75 Å². The minimum Gasteiger partial charge on any atom is -0.484 e. The number of nitrogens with one attached hydrogen (secondary N) is 1. The lowest BCUT2D eigenvalue weighted by Crippen LogP contribution is -2.20. The maximum atomic E-state index is 11.9. The molecule has 0 saturated heterocycles. The first-order valence-electron chi connectivity index (χ1n) is 6.58. The van der Waals surface area contributed by atoms with E-state index < -0.39 is 11.9 Å². The number of anilines is 1. The van der Waals surface area contributed by atoms with Gasteiger partial charge >= 0.3 is 5.97 Å². The van der Waals surface area contributed by atoms with Gasteiger partial charge in [-0.25, -0.2) is 4.79 Å². The quantitative estimate of drug-likeness (QED) is 0.851. The SMILES string of the molecule is Cc1cc(OCC(=O)Nc2cc(C(=O)O)ccc2Cl)ccc1Cl. The third-order valence-electron chi connectivity index (χ3n) is 2.99. The van der Waals surface area contributed by atoms with Crippen LogP contribution in [0.2, 0.25) is 10.0 Å². The van der Waals surface area contributed by atoms with Gasteiger partial charge in [0.15, 0.2) is 6.61 Å². The summed E-state index contributed by atoms with van der Waals surface area (Å²) in [5, 5.41) is 12.3. The Morgan fingerprint density at radius 1 is 1.13 bits per heavy atom. The van der Waals surface area contributed by atoms with Gasteiger partial charge < -0.3 is 15.2 Å². The zero-order valence-corrected chi connectivity index (χ0v) is 13.6.